The highest BCUT2D eigenvalue weighted by molar-refractivity contribution is 6.32. The fourth-order valence-corrected chi connectivity index (χ4v) is 3.56. The molecule has 0 unspecified atom stereocenters. The maximum absolute atomic E-state index is 12.9. The first kappa shape index (κ1) is 19.5. The molecular weight excluding hydrogens is 396 g/mol. The Kier molecular flexibility index (Phi) is 5.87. The number of anilines is 1. The molecule has 0 N–H and O–H groups in total. The van der Waals surface area contributed by atoms with Crippen LogP contribution < -0.4 is 14.4 Å². The van der Waals surface area contributed by atoms with Gasteiger partial charge in [0, 0.05) is 13.1 Å². The highest BCUT2D eigenvalue weighted by atomic mass is 35.5. The number of nitrogens with zero attached hydrogens (tertiary/aromatic N) is 2. The molecule has 7 nitrogen and oxygen atoms in total. The Morgan fingerprint density at radius 2 is 1.79 bits per heavy atom. The molecule has 0 radical (unpaired) electrons. The van der Waals surface area contributed by atoms with Gasteiger partial charge in [0.25, 0.3) is 11.8 Å². The lowest BCUT2D eigenvalue weighted by atomic mass is 10.1. The SMILES string of the molecule is O=C([C@H]1CN(C(=O)COc2ccccc2Cl)c2ccccc2O1)N1CCOCC1. The predicted molar refractivity (Wildman–Crippen MR) is 108 cm³/mol. The van der Waals surface area contributed by atoms with E-state index in [0.29, 0.717) is 48.5 Å². The number of para-hydroxylation sites is 3. The standard InChI is InChI=1S/C21H21ClN2O5/c22-15-5-1-3-7-17(15)28-14-20(25)24-13-19(21(26)23-9-11-27-12-10-23)29-18-8-4-2-6-16(18)24/h1-8,19H,9-14H2/t19-/m1/s1. The van der Waals surface area contributed by atoms with Crippen LogP contribution in [0.25, 0.3) is 0 Å². The molecular formula is C21H21ClN2O5. The van der Waals surface area contributed by atoms with Crippen LogP contribution in [0.15, 0.2) is 48.5 Å². The Hall–Kier alpha value is -2.77. The summed E-state index contributed by atoms with van der Waals surface area (Å²) in [5, 5.41) is 0.433. The zero-order valence-corrected chi connectivity index (χ0v) is 16.5. The molecule has 8 heteroatoms. The van der Waals surface area contributed by atoms with Crippen molar-refractivity contribution in [1.82, 2.24) is 4.90 Å². The molecule has 2 aromatic carbocycles. The zero-order chi connectivity index (χ0) is 20.2. The van der Waals surface area contributed by atoms with Crippen molar-refractivity contribution in [1.29, 1.82) is 0 Å². The van der Waals surface area contributed by atoms with Gasteiger partial charge in [-0.05, 0) is 24.3 Å². The van der Waals surface area contributed by atoms with Gasteiger partial charge in [0.2, 0.25) is 0 Å². The fraction of sp³-hybridized carbons (Fsp3) is 0.333. The largest absolute Gasteiger partial charge is 0.482 e. The van der Waals surface area contributed by atoms with E-state index < -0.39 is 6.10 Å². The molecule has 2 aliphatic heterocycles. The van der Waals surface area contributed by atoms with Crippen LogP contribution in [-0.4, -0.2) is 62.3 Å². The molecule has 0 aliphatic carbocycles. The Labute approximate surface area is 173 Å². The number of fused-ring (bicyclic) bond motifs is 1. The lowest BCUT2D eigenvalue weighted by Crippen LogP contribution is -2.54. The summed E-state index contributed by atoms with van der Waals surface area (Å²) in [6.07, 6.45) is -0.771. The van der Waals surface area contributed by atoms with E-state index in [1.54, 1.807) is 46.2 Å². The van der Waals surface area contributed by atoms with Gasteiger partial charge in [0.1, 0.15) is 11.5 Å². The molecule has 4 rings (SSSR count). The van der Waals surface area contributed by atoms with E-state index in [-0.39, 0.29) is 25.0 Å². The molecule has 2 amide bonds. The summed E-state index contributed by atoms with van der Waals surface area (Å²) in [5.74, 6) is 0.509. The minimum atomic E-state index is -0.771. The van der Waals surface area contributed by atoms with Crippen molar-refractivity contribution >= 4 is 29.1 Å². The summed E-state index contributed by atoms with van der Waals surface area (Å²) in [7, 11) is 0. The van der Waals surface area contributed by atoms with Gasteiger partial charge < -0.3 is 24.0 Å². The van der Waals surface area contributed by atoms with Crippen LogP contribution >= 0.6 is 11.6 Å². The van der Waals surface area contributed by atoms with Crippen molar-refractivity contribution in [3.05, 3.63) is 53.6 Å². The highest BCUT2D eigenvalue weighted by Crippen LogP contribution is 2.34. The molecule has 1 fully saturated rings. The average molecular weight is 417 g/mol. The number of hydrogen-bond donors (Lipinski definition) is 0. The molecule has 152 valence electrons. The molecule has 1 atom stereocenters. The number of morpholine rings is 1. The number of amides is 2. The summed E-state index contributed by atoms with van der Waals surface area (Å²) in [6, 6.07) is 14.1. The normalized spacial score (nSPS) is 18.6. The minimum Gasteiger partial charge on any atom is -0.482 e. The van der Waals surface area contributed by atoms with E-state index in [9.17, 15) is 9.59 Å². The van der Waals surface area contributed by atoms with Crippen molar-refractivity contribution < 1.29 is 23.8 Å². The van der Waals surface area contributed by atoms with Crippen LogP contribution in [0.3, 0.4) is 0 Å². The Balaban J connectivity index is 1.50. The number of hydrogen-bond acceptors (Lipinski definition) is 5. The van der Waals surface area contributed by atoms with E-state index in [1.807, 2.05) is 12.1 Å². The average Bonchev–Trinajstić information content (AvgIpc) is 2.77. The van der Waals surface area contributed by atoms with Crippen molar-refractivity contribution in [3.63, 3.8) is 0 Å². The van der Waals surface area contributed by atoms with Crippen LogP contribution in [0, 0.1) is 0 Å². The second kappa shape index (κ2) is 8.71. The predicted octanol–water partition coefficient (Wildman–Crippen LogP) is 2.37. The van der Waals surface area contributed by atoms with Crippen LogP contribution in [0.2, 0.25) is 5.02 Å². The topological polar surface area (TPSA) is 68.3 Å². The first-order valence-corrected chi connectivity index (χ1v) is 9.81. The molecule has 1 saturated heterocycles. The third-order valence-corrected chi connectivity index (χ3v) is 5.17. The number of benzene rings is 2. The maximum atomic E-state index is 12.9. The van der Waals surface area contributed by atoms with E-state index >= 15 is 0 Å². The van der Waals surface area contributed by atoms with Gasteiger partial charge in [0.15, 0.2) is 12.7 Å². The quantitative estimate of drug-likeness (QED) is 0.765. The van der Waals surface area contributed by atoms with Gasteiger partial charge in [0.05, 0.1) is 30.5 Å². The number of rotatable bonds is 4. The van der Waals surface area contributed by atoms with Crippen molar-refractivity contribution in [2.24, 2.45) is 0 Å². The number of ether oxygens (including phenoxy) is 3. The van der Waals surface area contributed by atoms with Gasteiger partial charge in [-0.25, -0.2) is 0 Å². The third kappa shape index (κ3) is 4.31. The number of carbonyl (C=O) groups excluding carboxylic acids is 2. The van der Waals surface area contributed by atoms with Crippen LogP contribution in [0.4, 0.5) is 5.69 Å². The van der Waals surface area contributed by atoms with Gasteiger partial charge >= 0.3 is 0 Å². The summed E-state index contributed by atoms with van der Waals surface area (Å²) in [6.45, 7) is 1.97. The fourth-order valence-electron chi connectivity index (χ4n) is 3.37. The van der Waals surface area contributed by atoms with E-state index in [0.717, 1.165) is 0 Å². The summed E-state index contributed by atoms with van der Waals surface area (Å²) in [5.41, 5.74) is 0.617. The molecule has 2 aliphatic rings. The zero-order valence-electron chi connectivity index (χ0n) is 15.8. The first-order valence-electron chi connectivity index (χ1n) is 9.43. The Morgan fingerprint density at radius 1 is 1.07 bits per heavy atom. The Bertz CT molecular complexity index is 900. The third-order valence-electron chi connectivity index (χ3n) is 4.86. The summed E-state index contributed by atoms with van der Waals surface area (Å²) in [4.78, 5) is 29.1. The van der Waals surface area contributed by atoms with Gasteiger partial charge in [-0.1, -0.05) is 35.9 Å². The summed E-state index contributed by atoms with van der Waals surface area (Å²) >= 11 is 6.10. The monoisotopic (exact) mass is 416 g/mol. The second-order valence-corrected chi connectivity index (χ2v) is 7.14. The van der Waals surface area contributed by atoms with Gasteiger partial charge in [-0.15, -0.1) is 0 Å². The van der Waals surface area contributed by atoms with Gasteiger partial charge in [-0.3, -0.25) is 9.59 Å². The van der Waals surface area contributed by atoms with Crippen LogP contribution in [0.5, 0.6) is 11.5 Å². The van der Waals surface area contributed by atoms with Gasteiger partial charge in [-0.2, -0.15) is 0 Å². The van der Waals surface area contributed by atoms with Crippen LogP contribution in [-0.2, 0) is 14.3 Å². The summed E-state index contributed by atoms with van der Waals surface area (Å²) < 4.78 is 16.8. The Morgan fingerprint density at radius 3 is 2.59 bits per heavy atom. The van der Waals surface area contributed by atoms with E-state index in [1.165, 1.54) is 0 Å². The van der Waals surface area contributed by atoms with Crippen molar-refractivity contribution in [2.45, 2.75) is 6.10 Å². The first-order chi connectivity index (χ1) is 14.1. The molecule has 0 bridgehead atoms. The molecule has 29 heavy (non-hydrogen) atoms. The second-order valence-electron chi connectivity index (χ2n) is 6.74. The molecule has 0 saturated carbocycles. The molecule has 2 aromatic rings. The lowest BCUT2D eigenvalue weighted by molar-refractivity contribution is -0.142. The molecule has 0 aromatic heterocycles. The van der Waals surface area contributed by atoms with Crippen LogP contribution in [0.1, 0.15) is 0 Å². The highest BCUT2D eigenvalue weighted by Gasteiger charge is 2.36. The molecule has 2 heterocycles. The number of halogens is 1. The van der Waals surface area contributed by atoms with Crippen molar-refractivity contribution in [2.75, 3.05) is 44.4 Å². The lowest BCUT2D eigenvalue weighted by Gasteiger charge is -2.37. The minimum absolute atomic E-state index is 0.123. The van der Waals surface area contributed by atoms with E-state index in [2.05, 4.69) is 0 Å². The smallest absolute Gasteiger partial charge is 0.265 e. The number of carbonyl (C=O) groups is 2. The van der Waals surface area contributed by atoms with Crippen molar-refractivity contribution in [3.8, 4) is 11.5 Å². The molecule has 0 spiro atoms. The maximum Gasteiger partial charge on any atom is 0.265 e. The van der Waals surface area contributed by atoms with E-state index in [4.69, 9.17) is 25.8 Å².